The van der Waals surface area contributed by atoms with Crippen molar-refractivity contribution >= 4 is 21.7 Å². The van der Waals surface area contributed by atoms with E-state index in [9.17, 15) is 31.6 Å². The maximum atomic E-state index is 13.0. The highest BCUT2D eigenvalue weighted by Crippen LogP contribution is 2.34. The molecule has 0 aromatic carbocycles. The molecule has 37 heavy (non-hydrogen) atoms. The second kappa shape index (κ2) is 9.25. The van der Waals surface area contributed by atoms with Crippen LogP contribution in [0.1, 0.15) is 45.2 Å². The number of amides is 1. The molecule has 11 nitrogen and oxygen atoms in total. The van der Waals surface area contributed by atoms with Gasteiger partial charge in [0.25, 0.3) is 0 Å². The minimum atomic E-state index is -6.00. The molecule has 198 valence electrons. The number of likely N-dealkylation sites (tertiary alicyclic amines) is 1. The number of alkyl halides is 3. The number of pyridine rings is 1. The van der Waals surface area contributed by atoms with Gasteiger partial charge >= 0.3 is 21.7 Å². The van der Waals surface area contributed by atoms with Gasteiger partial charge in [0.15, 0.2) is 5.75 Å². The van der Waals surface area contributed by atoms with Gasteiger partial charge in [-0.1, -0.05) is 0 Å². The molecule has 1 amide bonds. The van der Waals surface area contributed by atoms with Gasteiger partial charge in [-0.05, 0) is 39.7 Å². The summed E-state index contributed by atoms with van der Waals surface area (Å²) in [5, 5.41) is 17.6. The van der Waals surface area contributed by atoms with E-state index in [2.05, 4.69) is 14.4 Å². The fraction of sp³-hybridized carbons (Fsp3) is 0.455. The molecule has 1 fully saturated rings. The van der Waals surface area contributed by atoms with Gasteiger partial charge in [-0.2, -0.15) is 37.0 Å². The zero-order valence-electron chi connectivity index (χ0n) is 20.1. The lowest BCUT2D eigenvalue weighted by molar-refractivity contribution is -0.0499. The molecule has 0 unspecified atom stereocenters. The topological polar surface area (TPSA) is 132 Å². The molecule has 1 aliphatic heterocycles. The molecule has 0 radical (unpaired) electrons. The van der Waals surface area contributed by atoms with E-state index in [0.29, 0.717) is 25.1 Å². The number of halogens is 3. The highest BCUT2D eigenvalue weighted by Gasteiger charge is 2.49. The van der Waals surface area contributed by atoms with Crippen molar-refractivity contribution < 1.29 is 35.3 Å². The van der Waals surface area contributed by atoms with Crippen molar-refractivity contribution in [2.75, 3.05) is 13.1 Å². The predicted molar refractivity (Wildman–Crippen MR) is 123 cm³/mol. The minimum absolute atomic E-state index is 0.168. The van der Waals surface area contributed by atoms with Crippen LogP contribution in [0.5, 0.6) is 5.75 Å². The van der Waals surface area contributed by atoms with Crippen LogP contribution in [0, 0.1) is 11.3 Å². The monoisotopic (exact) mass is 540 g/mol. The summed E-state index contributed by atoms with van der Waals surface area (Å²) in [6, 6.07) is 2.64. The molecule has 1 aliphatic rings. The fourth-order valence-corrected chi connectivity index (χ4v) is 4.36. The van der Waals surface area contributed by atoms with Crippen LogP contribution in [-0.2, 0) is 14.9 Å². The fourth-order valence-electron chi connectivity index (χ4n) is 3.90. The van der Waals surface area contributed by atoms with Crippen LogP contribution < -0.4 is 4.18 Å². The molecule has 4 rings (SSSR count). The summed E-state index contributed by atoms with van der Waals surface area (Å²) in [5.74, 6) is -0.703. The van der Waals surface area contributed by atoms with Crippen molar-refractivity contribution in [2.45, 2.75) is 50.8 Å². The number of fused-ring (bicyclic) bond motifs is 1. The van der Waals surface area contributed by atoms with Crippen LogP contribution in [0.2, 0.25) is 0 Å². The molecule has 0 bridgehead atoms. The average molecular weight is 541 g/mol. The number of ether oxygens (including phenoxy) is 1. The van der Waals surface area contributed by atoms with Crippen molar-refractivity contribution in [1.82, 2.24) is 24.3 Å². The van der Waals surface area contributed by atoms with Crippen LogP contribution in [0.15, 0.2) is 30.9 Å². The number of nitriles is 1. The van der Waals surface area contributed by atoms with Gasteiger partial charge in [0, 0.05) is 36.6 Å². The SMILES string of the molecule is CC(C)(C)OC(=O)N1CCC[C@H](n2cc(-c3cc(OS(=O)(=O)C(F)(F)F)c4c(C#N)cnn4c3)cn2)C1. The molecule has 0 aliphatic carbocycles. The van der Waals surface area contributed by atoms with Gasteiger partial charge in [-0.25, -0.2) is 9.31 Å². The Balaban J connectivity index is 1.65. The van der Waals surface area contributed by atoms with Crippen LogP contribution in [0.3, 0.4) is 0 Å². The number of carbonyl (C=O) groups is 1. The smallest absolute Gasteiger partial charge is 0.444 e. The third-order valence-electron chi connectivity index (χ3n) is 5.54. The van der Waals surface area contributed by atoms with Crippen LogP contribution in [0.25, 0.3) is 16.6 Å². The number of hydrogen-bond donors (Lipinski definition) is 0. The van der Waals surface area contributed by atoms with E-state index in [1.807, 2.05) is 0 Å². The third kappa shape index (κ3) is 5.48. The Hall–Kier alpha value is -3.80. The molecule has 0 spiro atoms. The molecular formula is C22H23F3N6O5S. The van der Waals surface area contributed by atoms with Crippen LogP contribution >= 0.6 is 0 Å². The number of carbonyl (C=O) groups excluding carboxylic acids is 1. The first-order valence-electron chi connectivity index (χ1n) is 11.1. The summed E-state index contributed by atoms with van der Waals surface area (Å²) in [4.78, 5) is 14.1. The number of rotatable bonds is 4. The summed E-state index contributed by atoms with van der Waals surface area (Å²) < 4.78 is 74.9. The summed E-state index contributed by atoms with van der Waals surface area (Å²) >= 11 is 0. The zero-order chi connectivity index (χ0) is 27.2. The Labute approximate surface area is 210 Å². The third-order valence-corrected chi connectivity index (χ3v) is 6.50. The molecule has 1 atom stereocenters. The van der Waals surface area contributed by atoms with Crippen molar-refractivity contribution in [3.05, 3.63) is 36.4 Å². The summed E-state index contributed by atoms with van der Waals surface area (Å²) in [6.07, 6.45) is 6.58. The van der Waals surface area contributed by atoms with E-state index in [1.54, 1.807) is 42.6 Å². The molecule has 0 saturated carbocycles. The molecule has 3 aromatic heterocycles. The molecular weight excluding hydrogens is 517 g/mol. The molecule has 4 heterocycles. The predicted octanol–water partition coefficient (Wildman–Crippen LogP) is 3.87. The van der Waals surface area contributed by atoms with Gasteiger partial charge in [0.05, 0.1) is 18.4 Å². The minimum Gasteiger partial charge on any atom is -0.444 e. The second-order valence-electron chi connectivity index (χ2n) is 9.47. The number of hydrogen-bond acceptors (Lipinski definition) is 8. The van der Waals surface area contributed by atoms with E-state index in [-0.39, 0.29) is 22.7 Å². The molecule has 3 aromatic rings. The lowest BCUT2D eigenvalue weighted by Gasteiger charge is -2.34. The second-order valence-corrected chi connectivity index (χ2v) is 11.0. The first-order chi connectivity index (χ1) is 17.2. The molecule has 0 N–H and O–H groups in total. The maximum absolute atomic E-state index is 13.0. The number of piperidine rings is 1. The van der Waals surface area contributed by atoms with Crippen molar-refractivity contribution in [1.29, 1.82) is 5.26 Å². The Morgan fingerprint density at radius 3 is 2.54 bits per heavy atom. The normalized spacial score (nSPS) is 17.0. The molecule has 1 saturated heterocycles. The molecule has 15 heteroatoms. The number of nitrogens with zero attached hydrogens (tertiary/aromatic N) is 6. The maximum Gasteiger partial charge on any atom is 0.534 e. The van der Waals surface area contributed by atoms with Crippen LogP contribution in [-0.4, -0.2) is 63.0 Å². The van der Waals surface area contributed by atoms with Crippen molar-refractivity contribution in [3.8, 4) is 22.9 Å². The largest absolute Gasteiger partial charge is 0.534 e. The Morgan fingerprint density at radius 2 is 1.89 bits per heavy atom. The quantitative estimate of drug-likeness (QED) is 0.360. The first kappa shape index (κ1) is 26.3. The van der Waals surface area contributed by atoms with E-state index in [0.717, 1.165) is 23.2 Å². The van der Waals surface area contributed by atoms with E-state index in [4.69, 9.17) is 4.74 Å². The lowest BCUT2D eigenvalue weighted by atomic mass is 10.1. The van der Waals surface area contributed by atoms with E-state index < -0.39 is 33.1 Å². The van der Waals surface area contributed by atoms with Gasteiger partial charge in [-0.3, -0.25) is 4.68 Å². The van der Waals surface area contributed by atoms with E-state index in [1.165, 1.54) is 12.4 Å². The summed E-state index contributed by atoms with van der Waals surface area (Å²) in [7, 11) is -6.00. The standard InChI is InChI=1S/C22H23F3N6O5S/c1-21(2,3)35-20(32)29-6-4-5-17(13-29)30-12-16(10-27-30)14-7-18(36-37(33,34)22(23,24)25)19-15(8-26)9-28-31(19)11-14/h7,9-12,17H,4-6,13H2,1-3H3/t17-/m0/s1. The first-order valence-corrected chi connectivity index (χ1v) is 12.5. The van der Waals surface area contributed by atoms with E-state index >= 15 is 0 Å². The highest BCUT2D eigenvalue weighted by atomic mass is 32.2. The Morgan fingerprint density at radius 1 is 1.16 bits per heavy atom. The number of aromatic nitrogens is 4. The summed E-state index contributed by atoms with van der Waals surface area (Å²) in [5.41, 5.74) is -6.03. The van der Waals surface area contributed by atoms with Crippen molar-refractivity contribution in [2.24, 2.45) is 0 Å². The van der Waals surface area contributed by atoms with Gasteiger partial charge in [0.2, 0.25) is 0 Å². The lowest BCUT2D eigenvalue weighted by Crippen LogP contribution is -2.43. The Kier molecular flexibility index (Phi) is 6.57. The van der Waals surface area contributed by atoms with Gasteiger partial charge in [0.1, 0.15) is 22.8 Å². The average Bonchev–Trinajstić information content (AvgIpc) is 3.44. The Bertz CT molecular complexity index is 1480. The van der Waals surface area contributed by atoms with Crippen molar-refractivity contribution in [3.63, 3.8) is 0 Å². The van der Waals surface area contributed by atoms with Gasteiger partial charge in [-0.15, -0.1) is 0 Å². The highest BCUT2D eigenvalue weighted by molar-refractivity contribution is 7.88. The van der Waals surface area contributed by atoms with Crippen LogP contribution in [0.4, 0.5) is 18.0 Å². The zero-order valence-corrected chi connectivity index (χ0v) is 20.9. The summed E-state index contributed by atoms with van der Waals surface area (Å²) in [6.45, 7) is 6.21. The van der Waals surface area contributed by atoms with Gasteiger partial charge < -0.3 is 13.8 Å².